The van der Waals surface area contributed by atoms with Crippen molar-refractivity contribution < 1.29 is 18.7 Å². The van der Waals surface area contributed by atoms with Gasteiger partial charge in [0, 0.05) is 12.1 Å². The molecule has 1 aromatic heterocycles. The third-order valence-corrected chi connectivity index (χ3v) is 4.42. The van der Waals surface area contributed by atoms with Crippen LogP contribution >= 0.6 is 0 Å². The molecular formula is C22H24N2O4. The van der Waals surface area contributed by atoms with Crippen molar-refractivity contribution in [2.45, 2.75) is 19.8 Å². The smallest absolute Gasteiger partial charge is 0.227 e. The van der Waals surface area contributed by atoms with Crippen molar-refractivity contribution in [3.63, 3.8) is 0 Å². The number of rotatable bonds is 8. The third kappa shape index (κ3) is 4.71. The summed E-state index contributed by atoms with van der Waals surface area (Å²) < 4.78 is 16.3. The van der Waals surface area contributed by atoms with Crippen LogP contribution in [0.1, 0.15) is 17.0 Å². The summed E-state index contributed by atoms with van der Waals surface area (Å²) in [6, 6.07) is 15.4. The minimum Gasteiger partial charge on any atom is -0.493 e. The zero-order valence-electron chi connectivity index (χ0n) is 16.3. The average Bonchev–Trinajstić information content (AvgIpc) is 3.08. The van der Waals surface area contributed by atoms with Gasteiger partial charge in [-0.1, -0.05) is 24.3 Å². The SMILES string of the molecule is COc1ccc(CCNC(=O)Cc2oc(-c3ccccc3)nc2C)cc1OC. The van der Waals surface area contributed by atoms with Gasteiger partial charge in [-0.05, 0) is 43.2 Å². The highest BCUT2D eigenvalue weighted by atomic mass is 16.5. The molecule has 6 nitrogen and oxygen atoms in total. The molecule has 3 aromatic rings. The molecule has 28 heavy (non-hydrogen) atoms. The zero-order chi connectivity index (χ0) is 19.9. The van der Waals surface area contributed by atoms with Crippen LogP contribution in [0.3, 0.4) is 0 Å². The summed E-state index contributed by atoms with van der Waals surface area (Å²) in [7, 11) is 3.21. The predicted octanol–water partition coefficient (Wildman–Crippen LogP) is 3.57. The summed E-state index contributed by atoms with van der Waals surface area (Å²) in [5.74, 6) is 2.38. The maximum atomic E-state index is 12.3. The molecule has 1 N–H and O–H groups in total. The lowest BCUT2D eigenvalue weighted by atomic mass is 10.1. The van der Waals surface area contributed by atoms with E-state index in [4.69, 9.17) is 13.9 Å². The zero-order valence-corrected chi connectivity index (χ0v) is 16.3. The van der Waals surface area contributed by atoms with Crippen molar-refractivity contribution in [3.05, 3.63) is 65.5 Å². The molecule has 146 valence electrons. The van der Waals surface area contributed by atoms with Crippen LogP contribution in [0.25, 0.3) is 11.5 Å². The van der Waals surface area contributed by atoms with Crippen LogP contribution in [-0.4, -0.2) is 31.7 Å². The van der Waals surface area contributed by atoms with Gasteiger partial charge in [0.1, 0.15) is 5.76 Å². The first kappa shape index (κ1) is 19.5. The van der Waals surface area contributed by atoms with E-state index in [1.165, 1.54) is 0 Å². The molecule has 6 heteroatoms. The van der Waals surface area contributed by atoms with Crippen molar-refractivity contribution in [1.29, 1.82) is 0 Å². The topological polar surface area (TPSA) is 73.6 Å². The van der Waals surface area contributed by atoms with Crippen molar-refractivity contribution in [2.75, 3.05) is 20.8 Å². The number of hydrogen-bond acceptors (Lipinski definition) is 5. The molecule has 0 saturated heterocycles. The molecular weight excluding hydrogens is 356 g/mol. The molecule has 0 aliphatic rings. The minimum absolute atomic E-state index is 0.0978. The van der Waals surface area contributed by atoms with Gasteiger partial charge in [0.05, 0.1) is 26.3 Å². The number of amides is 1. The normalized spacial score (nSPS) is 10.5. The van der Waals surface area contributed by atoms with Crippen molar-refractivity contribution in [3.8, 4) is 23.0 Å². The van der Waals surface area contributed by atoms with Gasteiger partial charge in [0.25, 0.3) is 0 Å². The molecule has 0 aliphatic carbocycles. The molecule has 1 heterocycles. The second-order valence-electron chi connectivity index (χ2n) is 6.36. The number of carbonyl (C=O) groups excluding carboxylic acids is 1. The van der Waals surface area contributed by atoms with Crippen LogP contribution < -0.4 is 14.8 Å². The van der Waals surface area contributed by atoms with Crippen molar-refractivity contribution in [2.24, 2.45) is 0 Å². The maximum Gasteiger partial charge on any atom is 0.227 e. The molecule has 2 aromatic carbocycles. The molecule has 0 atom stereocenters. The number of carbonyl (C=O) groups is 1. The number of aryl methyl sites for hydroxylation is 1. The number of hydrogen-bond donors (Lipinski definition) is 1. The lowest BCUT2D eigenvalue weighted by Crippen LogP contribution is -2.27. The van der Waals surface area contributed by atoms with E-state index in [2.05, 4.69) is 10.3 Å². The van der Waals surface area contributed by atoms with E-state index in [1.807, 2.05) is 55.5 Å². The number of aromatic nitrogens is 1. The van der Waals surface area contributed by atoms with Crippen LogP contribution in [0.5, 0.6) is 11.5 Å². The number of ether oxygens (including phenoxy) is 2. The molecule has 0 fully saturated rings. The van der Waals surface area contributed by atoms with E-state index in [9.17, 15) is 4.79 Å². The lowest BCUT2D eigenvalue weighted by molar-refractivity contribution is -0.120. The van der Waals surface area contributed by atoms with Crippen LogP contribution in [0.15, 0.2) is 52.9 Å². The molecule has 0 spiro atoms. The summed E-state index contributed by atoms with van der Waals surface area (Å²) in [6.45, 7) is 2.37. The van der Waals surface area contributed by atoms with Gasteiger partial charge in [-0.2, -0.15) is 0 Å². The van der Waals surface area contributed by atoms with E-state index in [1.54, 1.807) is 14.2 Å². The second kappa shape index (κ2) is 9.08. The number of methoxy groups -OCH3 is 2. The molecule has 0 aliphatic heterocycles. The Hall–Kier alpha value is -3.28. The third-order valence-electron chi connectivity index (χ3n) is 4.42. The number of nitrogens with one attached hydrogen (secondary N) is 1. The number of nitrogens with zero attached hydrogens (tertiary/aromatic N) is 1. The summed E-state index contributed by atoms with van der Waals surface area (Å²) in [5, 5.41) is 2.92. The fourth-order valence-electron chi connectivity index (χ4n) is 2.89. The highest BCUT2D eigenvalue weighted by molar-refractivity contribution is 5.78. The first-order valence-electron chi connectivity index (χ1n) is 9.10. The van der Waals surface area contributed by atoms with Gasteiger partial charge in [-0.15, -0.1) is 0 Å². The standard InChI is InChI=1S/C22H24N2O4/c1-15-19(28-22(24-15)17-7-5-4-6-8-17)14-21(25)23-12-11-16-9-10-18(26-2)20(13-16)27-3/h4-10,13H,11-12,14H2,1-3H3,(H,23,25). The fourth-order valence-corrected chi connectivity index (χ4v) is 2.89. The summed E-state index contributed by atoms with van der Waals surface area (Å²) >= 11 is 0. The van der Waals surface area contributed by atoms with E-state index in [0.717, 1.165) is 16.8 Å². The van der Waals surface area contributed by atoms with Gasteiger partial charge >= 0.3 is 0 Å². The van der Waals surface area contributed by atoms with Gasteiger partial charge in [0.15, 0.2) is 11.5 Å². The van der Waals surface area contributed by atoms with E-state index in [0.29, 0.717) is 36.1 Å². The summed E-state index contributed by atoms with van der Waals surface area (Å²) in [4.78, 5) is 16.7. The Morgan fingerprint density at radius 3 is 2.54 bits per heavy atom. The van der Waals surface area contributed by atoms with Gasteiger partial charge in [-0.25, -0.2) is 4.98 Å². The van der Waals surface area contributed by atoms with Crippen molar-refractivity contribution >= 4 is 5.91 Å². The maximum absolute atomic E-state index is 12.3. The Bertz CT molecular complexity index is 935. The van der Waals surface area contributed by atoms with Crippen LogP contribution in [0.2, 0.25) is 0 Å². The van der Waals surface area contributed by atoms with Crippen LogP contribution in [0, 0.1) is 6.92 Å². The predicted molar refractivity (Wildman–Crippen MR) is 107 cm³/mol. The summed E-state index contributed by atoms with van der Waals surface area (Å²) in [5.41, 5.74) is 2.68. The number of oxazole rings is 1. The highest BCUT2D eigenvalue weighted by Gasteiger charge is 2.14. The van der Waals surface area contributed by atoms with Crippen LogP contribution in [0.4, 0.5) is 0 Å². The Labute approximate surface area is 164 Å². The summed E-state index contributed by atoms with van der Waals surface area (Å²) in [6.07, 6.45) is 0.856. The Kier molecular flexibility index (Phi) is 6.32. The minimum atomic E-state index is -0.0978. The lowest BCUT2D eigenvalue weighted by Gasteiger charge is -2.10. The van der Waals surface area contributed by atoms with E-state index >= 15 is 0 Å². The molecule has 0 unspecified atom stereocenters. The van der Waals surface area contributed by atoms with Crippen molar-refractivity contribution in [1.82, 2.24) is 10.3 Å². The van der Waals surface area contributed by atoms with Gasteiger partial charge in [0.2, 0.25) is 11.8 Å². The Morgan fingerprint density at radius 2 is 1.82 bits per heavy atom. The average molecular weight is 380 g/mol. The first-order chi connectivity index (χ1) is 13.6. The fraction of sp³-hybridized carbons (Fsp3) is 0.273. The molecule has 1 amide bonds. The van der Waals surface area contributed by atoms with E-state index in [-0.39, 0.29) is 12.3 Å². The monoisotopic (exact) mass is 380 g/mol. The molecule has 0 bridgehead atoms. The number of benzene rings is 2. The molecule has 0 radical (unpaired) electrons. The largest absolute Gasteiger partial charge is 0.493 e. The quantitative estimate of drug-likeness (QED) is 0.647. The Morgan fingerprint density at radius 1 is 1.07 bits per heavy atom. The van der Waals surface area contributed by atoms with E-state index < -0.39 is 0 Å². The Balaban J connectivity index is 1.54. The second-order valence-corrected chi connectivity index (χ2v) is 6.36. The molecule has 3 rings (SSSR count). The highest BCUT2D eigenvalue weighted by Crippen LogP contribution is 2.27. The van der Waals surface area contributed by atoms with Crippen LogP contribution in [-0.2, 0) is 17.6 Å². The molecule has 0 saturated carbocycles. The van der Waals surface area contributed by atoms with Gasteiger partial charge < -0.3 is 19.2 Å². The first-order valence-corrected chi connectivity index (χ1v) is 9.10. The van der Waals surface area contributed by atoms with Gasteiger partial charge in [-0.3, -0.25) is 4.79 Å².